The van der Waals surface area contributed by atoms with Crippen LogP contribution in [-0.2, 0) is 0 Å². The second kappa shape index (κ2) is 6.34. The van der Waals surface area contributed by atoms with Gasteiger partial charge in [0, 0.05) is 0 Å². The molecule has 0 aromatic heterocycles. The van der Waals surface area contributed by atoms with E-state index in [2.05, 4.69) is 0 Å². The number of aromatic hydroxyl groups is 8. The van der Waals surface area contributed by atoms with Crippen molar-refractivity contribution >= 4 is 0 Å². The lowest BCUT2D eigenvalue weighted by molar-refractivity contribution is 0.330. The van der Waals surface area contributed by atoms with Crippen LogP contribution in [-0.4, -0.2) is 40.9 Å². The number of hydrogen-bond donors (Lipinski definition) is 8. The Morgan fingerprint density at radius 1 is 0.464 bits per heavy atom. The van der Waals surface area contributed by atoms with Crippen LogP contribution >= 0.6 is 0 Å². The van der Waals surface area contributed by atoms with Crippen LogP contribution in [0.4, 0.5) is 0 Å². The normalized spacial score (nSPS) is 10.9. The molecule has 146 valence electrons. The molecule has 0 aliphatic carbocycles. The maximum absolute atomic E-state index is 10.3. The molecule has 3 aromatic rings. The van der Waals surface area contributed by atoms with E-state index in [-0.39, 0.29) is 33.6 Å². The van der Waals surface area contributed by atoms with Crippen molar-refractivity contribution in [1.29, 1.82) is 0 Å². The Morgan fingerprint density at radius 3 is 1.43 bits per heavy atom. The molecule has 0 spiro atoms. The third kappa shape index (κ3) is 2.71. The summed E-state index contributed by atoms with van der Waals surface area (Å²) in [5, 5.41) is 79.9. The Kier molecular flexibility index (Phi) is 4.27. The summed E-state index contributed by atoms with van der Waals surface area (Å²) in [5.74, 6) is -6.15. The van der Waals surface area contributed by atoms with Gasteiger partial charge in [0.2, 0.25) is 17.2 Å². The van der Waals surface area contributed by atoms with E-state index in [9.17, 15) is 40.9 Å². The summed E-state index contributed by atoms with van der Waals surface area (Å²) >= 11 is 0. The highest BCUT2D eigenvalue weighted by Crippen LogP contribution is 2.55. The highest BCUT2D eigenvalue weighted by Gasteiger charge is 2.25. The second-order valence-corrected chi connectivity index (χ2v) is 6.49. The number of benzene rings is 3. The summed E-state index contributed by atoms with van der Waals surface area (Å²) < 4.78 is 0. The number of phenols is 8. The fraction of sp³-hybridized carbons (Fsp3) is 0.100. The summed E-state index contributed by atoms with van der Waals surface area (Å²) in [6.45, 7) is 3.15. The van der Waals surface area contributed by atoms with Gasteiger partial charge in [-0.15, -0.1) is 0 Å². The average Bonchev–Trinajstić information content (AvgIpc) is 2.63. The molecule has 0 radical (unpaired) electrons. The largest absolute Gasteiger partial charge is 0.507 e. The average molecular weight is 386 g/mol. The summed E-state index contributed by atoms with van der Waals surface area (Å²) in [7, 11) is 0. The molecule has 3 aromatic carbocycles. The van der Waals surface area contributed by atoms with E-state index in [4.69, 9.17) is 0 Å². The van der Waals surface area contributed by atoms with E-state index < -0.39 is 40.2 Å². The minimum atomic E-state index is -1.08. The van der Waals surface area contributed by atoms with Crippen molar-refractivity contribution in [2.45, 2.75) is 13.8 Å². The van der Waals surface area contributed by atoms with Crippen LogP contribution < -0.4 is 0 Å². The monoisotopic (exact) mass is 386 g/mol. The third-order valence-corrected chi connectivity index (χ3v) is 4.47. The smallest absolute Gasteiger partial charge is 0.208 e. The van der Waals surface area contributed by atoms with Gasteiger partial charge >= 0.3 is 0 Å². The van der Waals surface area contributed by atoms with E-state index in [1.807, 2.05) is 0 Å². The maximum atomic E-state index is 10.3. The fourth-order valence-corrected chi connectivity index (χ4v) is 3.09. The zero-order chi connectivity index (χ0) is 20.9. The number of rotatable bonds is 2. The minimum Gasteiger partial charge on any atom is -0.507 e. The molecule has 8 N–H and O–H groups in total. The van der Waals surface area contributed by atoms with Crippen LogP contribution in [0, 0.1) is 13.8 Å². The van der Waals surface area contributed by atoms with Crippen LogP contribution in [0.1, 0.15) is 11.1 Å². The van der Waals surface area contributed by atoms with Gasteiger partial charge in [-0.05, 0) is 48.2 Å². The van der Waals surface area contributed by atoms with Gasteiger partial charge in [0.1, 0.15) is 5.75 Å². The van der Waals surface area contributed by atoms with E-state index >= 15 is 0 Å². The number of aryl methyl sites for hydroxylation is 2. The van der Waals surface area contributed by atoms with Gasteiger partial charge in [0.05, 0.1) is 11.1 Å². The predicted octanol–water partition coefficient (Wildman–Crippen LogP) is 3.28. The molecule has 0 saturated carbocycles. The van der Waals surface area contributed by atoms with Gasteiger partial charge in [0.15, 0.2) is 23.0 Å². The van der Waals surface area contributed by atoms with E-state index in [0.29, 0.717) is 5.56 Å². The van der Waals surface area contributed by atoms with Crippen molar-refractivity contribution in [2.75, 3.05) is 0 Å². The van der Waals surface area contributed by atoms with E-state index in [1.165, 1.54) is 25.1 Å². The SMILES string of the molecule is Cc1cc(-c2c(O)cc(C)c(O)c2O)cc(-c2c(O)c(O)c(O)c(O)c2O)c1. The molecular formula is C20H18O8. The lowest BCUT2D eigenvalue weighted by Gasteiger charge is -2.16. The maximum Gasteiger partial charge on any atom is 0.208 e. The van der Waals surface area contributed by atoms with E-state index in [0.717, 1.165) is 0 Å². The van der Waals surface area contributed by atoms with Gasteiger partial charge in [-0.2, -0.15) is 0 Å². The highest BCUT2D eigenvalue weighted by atomic mass is 16.4. The van der Waals surface area contributed by atoms with Crippen LogP contribution in [0.5, 0.6) is 46.0 Å². The van der Waals surface area contributed by atoms with Gasteiger partial charge in [0.25, 0.3) is 0 Å². The molecule has 8 heteroatoms. The van der Waals surface area contributed by atoms with Gasteiger partial charge in [-0.1, -0.05) is 12.1 Å². The predicted molar refractivity (Wildman–Crippen MR) is 100 cm³/mol. The molecule has 0 fully saturated rings. The first-order chi connectivity index (χ1) is 13.0. The quantitative estimate of drug-likeness (QED) is 0.246. The zero-order valence-electron chi connectivity index (χ0n) is 14.9. The van der Waals surface area contributed by atoms with Crippen molar-refractivity contribution in [1.82, 2.24) is 0 Å². The standard InChI is InChI=1S/C20H18O8/c1-7-3-9(12-11(21)5-8(2)14(22)15(12)23)6-10(4-7)13-16(24)18(26)20(28)19(27)17(13)25/h3-6,21-28H,1-2H3. The summed E-state index contributed by atoms with van der Waals surface area (Å²) in [6.07, 6.45) is 0. The number of phenolic OH excluding ortho intramolecular Hbond substituents is 8. The Bertz CT molecular complexity index is 1090. The second-order valence-electron chi connectivity index (χ2n) is 6.49. The molecule has 0 bridgehead atoms. The van der Waals surface area contributed by atoms with Crippen molar-refractivity contribution in [2.24, 2.45) is 0 Å². The van der Waals surface area contributed by atoms with Crippen LogP contribution in [0.25, 0.3) is 22.3 Å². The van der Waals surface area contributed by atoms with Gasteiger partial charge in [-0.25, -0.2) is 0 Å². The van der Waals surface area contributed by atoms with Crippen molar-refractivity contribution in [3.8, 4) is 68.2 Å². The Labute approximate surface area is 159 Å². The molecule has 0 saturated heterocycles. The molecule has 0 amide bonds. The first kappa shape index (κ1) is 18.8. The van der Waals surface area contributed by atoms with Crippen molar-refractivity contribution in [3.63, 3.8) is 0 Å². The van der Waals surface area contributed by atoms with Crippen LogP contribution in [0.3, 0.4) is 0 Å². The lowest BCUT2D eigenvalue weighted by atomic mass is 9.93. The molecule has 0 aliphatic rings. The van der Waals surface area contributed by atoms with Crippen LogP contribution in [0.2, 0.25) is 0 Å². The van der Waals surface area contributed by atoms with E-state index in [1.54, 1.807) is 13.0 Å². The fourth-order valence-electron chi connectivity index (χ4n) is 3.09. The Balaban J connectivity index is 2.34. The minimum absolute atomic E-state index is 0.0840. The van der Waals surface area contributed by atoms with Gasteiger partial charge < -0.3 is 40.9 Å². The Morgan fingerprint density at radius 2 is 0.893 bits per heavy atom. The first-order valence-corrected chi connectivity index (χ1v) is 8.10. The highest BCUT2D eigenvalue weighted by molar-refractivity contribution is 5.89. The summed E-state index contributed by atoms with van der Waals surface area (Å²) in [4.78, 5) is 0. The number of hydrogen-bond acceptors (Lipinski definition) is 8. The topological polar surface area (TPSA) is 162 Å². The molecule has 0 unspecified atom stereocenters. The van der Waals surface area contributed by atoms with Crippen LogP contribution in [0.15, 0.2) is 24.3 Å². The first-order valence-electron chi connectivity index (χ1n) is 8.10. The summed E-state index contributed by atoms with van der Waals surface area (Å²) in [6, 6.07) is 5.68. The molecule has 0 heterocycles. The molecular weight excluding hydrogens is 368 g/mol. The zero-order valence-corrected chi connectivity index (χ0v) is 14.9. The molecule has 8 nitrogen and oxygen atoms in total. The third-order valence-electron chi connectivity index (χ3n) is 4.47. The molecule has 0 aliphatic heterocycles. The molecule has 0 atom stereocenters. The van der Waals surface area contributed by atoms with Crippen molar-refractivity contribution < 1.29 is 40.9 Å². The lowest BCUT2D eigenvalue weighted by Crippen LogP contribution is -1.89. The summed E-state index contributed by atoms with van der Waals surface area (Å²) in [5.41, 5.74) is 0.709. The molecule has 28 heavy (non-hydrogen) atoms. The van der Waals surface area contributed by atoms with Crippen molar-refractivity contribution in [3.05, 3.63) is 35.4 Å². The Hall–Kier alpha value is -3.94. The van der Waals surface area contributed by atoms with Gasteiger partial charge in [-0.3, -0.25) is 0 Å². The molecule has 3 rings (SSSR count).